The molecule has 1 aromatic rings. The average molecular weight is 155 g/mol. The van der Waals surface area contributed by atoms with Crippen molar-refractivity contribution in [1.82, 2.24) is 4.98 Å². The molecule has 1 aromatic heterocycles. The highest BCUT2D eigenvalue weighted by Crippen LogP contribution is 2.23. The molecule has 1 rings (SSSR count). The summed E-state index contributed by atoms with van der Waals surface area (Å²) in [5, 5.41) is 18.2. The average Bonchev–Trinajstić information content (AvgIpc) is 1.97. The highest BCUT2D eigenvalue weighted by Gasteiger charge is 2.08. The summed E-state index contributed by atoms with van der Waals surface area (Å²) in [6.45, 7) is 3.04. The summed E-state index contributed by atoms with van der Waals surface area (Å²) in [6.07, 6.45) is 0. The molecule has 0 saturated carbocycles. The lowest BCUT2D eigenvalue weighted by Gasteiger charge is -2.02. The highest BCUT2D eigenvalue weighted by atomic mass is 16.3. The van der Waals surface area contributed by atoms with Crippen molar-refractivity contribution in [3.05, 3.63) is 21.6 Å². The fourth-order valence-corrected chi connectivity index (χ4v) is 0.852. The molecule has 0 bridgehead atoms. The van der Waals surface area contributed by atoms with E-state index in [9.17, 15) is 9.90 Å². The maximum atomic E-state index is 10.8. The fourth-order valence-electron chi connectivity index (χ4n) is 0.852. The van der Waals surface area contributed by atoms with Gasteiger partial charge in [-0.2, -0.15) is 0 Å². The molecule has 60 valence electrons. The van der Waals surface area contributed by atoms with Crippen molar-refractivity contribution >= 4 is 0 Å². The van der Waals surface area contributed by atoms with Gasteiger partial charge in [0.15, 0.2) is 5.75 Å². The molecular weight excluding hydrogens is 146 g/mol. The highest BCUT2D eigenvalue weighted by molar-refractivity contribution is 5.42. The topological polar surface area (TPSA) is 73.3 Å². The van der Waals surface area contributed by atoms with Crippen LogP contribution in [0.1, 0.15) is 11.3 Å². The van der Waals surface area contributed by atoms with Crippen LogP contribution in [0, 0.1) is 13.8 Å². The Morgan fingerprint density at radius 2 is 1.73 bits per heavy atom. The minimum absolute atomic E-state index is 0.0675. The Morgan fingerprint density at radius 1 is 1.18 bits per heavy atom. The molecule has 0 saturated heterocycles. The van der Waals surface area contributed by atoms with Gasteiger partial charge in [-0.3, -0.25) is 4.79 Å². The monoisotopic (exact) mass is 155 g/mol. The molecule has 4 nitrogen and oxygen atoms in total. The molecule has 0 unspecified atom stereocenters. The van der Waals surface area contributed by atoms with Crippen molar-refractivity contribution in [3.8, 4) is 11.5 Å². The maximum Gasteiger partial charge on any atom is 0.290 e. The van der Waals surface area contributed by atoms with Gasteiger partial charge < -0.3 is 15.2 Å². The molecule has 11 heavy (non-hydrogen) atoms. The van der Waals surface area contributed by atoms with Crippen LogP contribution in [0.4, 0.5) is 0 Å². The molecule has 3 N–H and O–H groups in total. The number of aromatic nitrogens is 1. The van der Waals surface area contributed by atoms with Crippen LogP contribution in [0.15, 0.2) is 4.79 Å². The summed E-state index contributed by atoms with van der Waals surface area (Å²) in [7, 11) is 0. The van der Waals surface area contributed by atoms with Gasteiger partial charge in [0.05, 0.1) is 5.69 Å². The van der Waals surface area contributed by atoms with E-state index in [1.54, 1.807) is 6.92 Å². The van der Waals surface area contributed by atoms with Crippen molar-refractivity contribution in [2.75, 3.05) is 0 Å². The summed E-state index contributed by atoms with van der Waals surface area (Å²) in [4.78, 5) is 13.1. The number of aromatic hydroxyl groups is 2. The van der Waals surface area contributed by atoms with Gasteiger partial charge >= 0.3 is 0 Å². The third-order valence-electron chi connectivity index (χ3n) is 1.58. The number of pyridine rings is 1. The second kappa shape index (κ2) is 2.30. The molecule has 0 aliphatic heterocycles. The molecule has 0 amide bonds. The summed E-state index contributed by atoms with van der Waals surface area (Å²) in [6, 6.07) is 0. The Balaban J connectivity index is 3.59. The Kier molecular flexibility index (Phi) is 1.60. The van der Waals surface area contributed by atoms with Crippen LogP contribution >= 0.6 is 0 Å². The second-order valence-electron chi connectivity index (χ2n) is 2.40. The third-order valence-corrected chi connectivity index (χ3v) is 1.58. The zero-order chi connectivity index (χ0) is 8.59. The molecule has 0 aromatic carbocycles. The molecule has 0 aliphatic rings. The van der Waals surface area contributed by atoms with E-state index in [2.05, 4.69) is 4.98 Å². The van der Waals surface area contributed by atoms with Crippen LogP contribution in [0.25, 0.3) is 0 Å². The van der Waals surface area contributed by atoms with E-state index in [1.165, 1.54) is 6.92 Å². The Morgan fingerprint density at radius 3 is 2.27 bits per heavy atom. The van der Waals surface area contributed by atoms with E-state index in [0.717, 1.165) is 0 Å². The van der Waals surface area contributed by atoms with E-state index in [4.69, 9.17) is 5.11 Å². The first kappa shape index (κ1) is 7.65. The lowest BCUT2D eigenvalue weighted by Crippen LogP contribution is -2.08. The number of aromatic amines is 1. The van der Waals surface area contributed by atoms with E-state index >= 15 is 0 Å². The third kappa shape index (κ3) is 1.07. The first-order valence-electron chi connectivity index (χ1n) is 3.15. The van der Waals surface area contributed by atoms with Crippen LogP contribution in [0.3, 0.4) is 0 Å². The Labute approximate surface area is 63.1 Å². The van der Waals surface area contributed by atoms with E-state index in [-0.39, 0.29) is 11.3 Å². The van der Waals surface area contributed by atoms with Crippen molar-refractivity contribution in [1.29, 1.82) is 0 Å². The standard InChI is InChI=1S/C7H9NO3/c1-3-5(9)4(2)8-7(11)6(3)10/h9-10H,1-2H3,(H,8,11). The van der Waals surface area contributed by atoms with Gasteiger partial charge in [0.1, 0.15) is 5.75 Å². The van der Waals surface area contributed by atoms with Gasteiger partial charge in [0.25, 0.3) is 5.56 Å². The zero-order valence-electron chi connectivity index (χ0n) is 6.30. The molecule has 0 spiro atoms. The quantitative estimate of drug-likeness (QED) is 0.507. The SMILES string of the molecule is Cc1[nH]c(=O)c(O)c(C)c1O. The van der Waals surface area contributed by atoms with Crippen molar-refractivity contribution in [2.24, 2.45) is 0 Å². The molecule has 1 heterocycles. The number of aryl methyl sites for hydroxylation is 1. The van der Waals surface area contributed by atoms with Crippen LogP contribution < -0.4 is 5.56 Å². The Hall–Kier alpha value is -1.45. The van der Waals surface area contributed by atoms with Crippen molar-refractivity contribution in [3.63, 3.8) is 0 Å². The molecule has 0 aliphatic carbocycles. The molecule has 0 fully saturated rings. The maximum absolute atomic E-state index is 10.8. The van der Waals surface area contributed by atoms with E-state index in [0.29, 0.717) is 5.69 Å². The lowest BCUT2D eigenvalue weighted by atomic mass is 10.2. The lowest BCUT2D eigenvalue weighted by molar-refractivity contribution is 0.431. The smallest absolute Gasteiger partial charge is 0.290 e. The van der Waals surface area contributed by atoms with Crippen molar-refractivity contribution in [2.45, 2.75) is 13.8 Å². The number of rotatable bonds is 0. The van der Waals surface area contributed by atoms with Gasteiger partial charge in [-0.05, 0) is 13.8 Å². The van der Waals surface area contributed by atoms with Crippen LogP contribution in [-0.2, 0) is 0 Å². The van der Waals surface area contributed by atoms with Gasteiger partial charge in [-0.25, -0.2) is 0 Å². The molecular formula is C7H9NO3. The molecule has 4 heteroatoms. The van der Waals surface area contributed by atoms with E-state index in [1.807, 2.05) is 0 Å². The number of nitrogens with one attached hydrogen (secondary N) is 1. The Bertz CT molecular complexity index is 340. The predicted octanol–water partition coefficient (Wildman–Crippen LogP) is 0.403. The summed E-state index contributed by atoms with van der Waals surface area (Å²) >= 11 is 0. The number of hydrogen-bond donors (Lipinski definition) is 3. The number of H-pyrrole nitrogens is 1. The van der Waals surface area contributed by atoms with Crippen LogP contribution in [0.2, 0.25) is 0 Å². The first-order chi connectivity index (χ1) is 5.04. The van der Waals surface area contributed by atoms with Crippen molar-refractivity contribution < 1.29 is 10.2 Å². The number of hydrogen-bond acceptors (Lipinski definition) is 3. The van der Waals surface area contributed by atoms with Crippen LogP contribution in [0.5, 0.6) is 11.5 Å². The van der Waals surface area contributed by atoms with Gasteiger partial charge in [-0.1, -0.05) is 0 Å². The van der Waals surface area contributed by atoms with Gasteiger partial charge in [0, 0.05) is 5.56 Å². The summed E-state index contributed by atoms with van der Waals surface area (Å²) in [5.74, 6) is -0.491. The molecule has 0 atom stereocenters. The largest absolute Gasteiger partial charge is 0.506 e. The summed E-state index contributed by atoms with van der Waals surface area (Å²) in [5.41, 5.74) is 0.00866. The second-order valence-corrected chi connectivity index (χ2v) is 2.40. The fraction of sp³-hybridized carbons (Fsp3) is 0.286. The summed E-state index contributed by atoms with van der Waals surface area (Å²) < 4.78 is 0. The van der Waals surface area contributed by atoms with Gasteiger partial charge in [-0.15, -0.1) is 0 Å². The zero-order valence-corrected chi connectivity index (χ0v) is 6.30. The predicted molar refractivity (Wildman–Crippen MR) is 39.9 cm³/mol. The minimum Gasteiger partial charge on any atom is -0.506 e. The minimum atomic E-state index is -0.571. The first-order valence-corrected chi connectivity index (χ1v) is 3.15. The normalized spacial score (nSPS) is 10.0. The van der Waals surface area contributed by atoms with E-state index < -0.39 is 11.3 Å². The van der Waals surface area contributed by atoms with Gasteiger partial charge in [0.2, 0.25) is 0 Å². The van der Waals surface area contributed by atoms with Crippen LogP contribution in [-0.4, -0.2) is 15.2 Å². The molecule has 0 radical (unpaired) electrons.